The van der Waals surface area contributed by atoms with E-state index in [1.165, 1.54) is 10.4 Å². The van der Waals surface area contributed by atoms with Gasteiger partial charge in [-0.05, 0) is 23.8 Å². The predicted octanol–water partition coefficient (Wildman–Crippen LogP) is 2.43. The van der Waals surface area contributed by atoms with E-state index >= 15 is 0 Å². The van der Waals surface area contributed by atoms with Crippen molar-refractivity contribution in [3.8, 4) is 0 Å². The molecule has 0 spiro atoms. The van der Waals surface area contributed by atoms with Crippen molar-refractivity contribution in [2.75, 3.05) is 0 Å². The predicted molar refractivity (Wildman–Crippen MR) is 79.4 cm³/mol. The molecule has 1 aromatic heterocycles. The number of urea groups is 1. The Hall–Kier alpha value is -2.11. The van der Waals surface area contributed by atoms with E-state index in [0.717, 1.165) is 4.88 Å². The first kappa shape index (κ1) is 14.9. The normalized spacial score (nSPS) is 9.95. The van der Waals surface area contributed by atoms with Gasteiger partial charge in [0.05, 0.1) is 6.61 Å². The van der Waals surface area contributed by atoms with Crippen LogP contribution in [0.2, 0.25) is 0 Å². The van der Waals surface area contributed by atoms with Crippen LogP contribution in [0.15, 0.2) is 42.5 Å². The molecule has 0 aliphatic carbocycles. The van der Waals surface area contributed by atoms with Crippen molar-refractivity contribution in [3.63, 3.8) is 0 Å². The minimum Gasteiger partial charge on any atom is -0.391 e. The van der Waals surface area contributed by atoms with Gasteiger partial charge >= 0.3 is 6.03 Å². The number of hydrogen-bond donors (Lipinski definition) is 3. The SMILES string of the molecule is NC(N)=O.OCc1ccc(/C=C/c2ccccc2)s1. The number of hydrogen-bond acceptors (Lipinski definition) is 3. The highest BCUT2D eigenvalue weighted by molar-refractivity contribution is 7.12. The maximum absolute atomic E-state index is 9.00. The summed E-state index contributed by atoms with van der Waals surface area (Å²) >= 11 is 1.62. The number of benzene rings is 1. The molecule has 2 amide bonds. The van der Waals surface area contributed by atoms with Gasteiger partial charge in [0.15, 0.2) is 0 Å². The van der Waals surface area contributed by atoms with Crippen LogP contribution in [0.1, 0.15) is 15.3 Å². The molecule has 1 heterocycles. The molecule has 0 atom stereocenters. The minimum atomic E-state index is -0.833. The Balaban J connectivity index is 0.000000399. The molecule has 0 fully saturated rings. The Bertz CT molecular complexity index is 531. The van der Waals surface area contributed by atoms with Crippen molar-refractivity contribution < 1.29 is 9.90 Å². The number of amides is 2. The number of thiophene rings is 1. The van der Waals surface area contributed by atoms with Crippen molar-refractivity contribution in [1.29, 1.82) is 0 Å². The van der Waals surface area contributed by atoms with Crippen LogP contribution >= 0.6 is 11.3 Å². The summed E-state index contributed by atoms with van der Waals surface area (Å²) in [6.07, 6.45) is 4.14. The molecule has 0 bridgehead atoms. The van der Waals surface area contributed by atoms with Gasteiger partial charge in [-0.1, -0.05) is 36.4 Å². The second kappa shape index (κ2) is 8.07. The van der Waals surface area contributed by atoms with Gasteiger partial charge < -0.3 is 16.6 Å². The zero-order valence-corrected chi connectivity index (χ0v) is 11.1. The molecule has 0 aliphatic rings. The smallest absolute Gasteiger partial charge is 0.309 e. The molecular formula is C14H16N2O2S. The first-order valence-electron chi connectivity index (χ1n) is 5.59. The van der Waals surface area contributed by atoms with Crippen LogP contribution in [-0.2, 0) is 6.61 Å². The largest absolute Gasteiger partial charge is 0.391 e. The van der Waals surface area contributed by atoms with Crippen LogP contribution < -0.4 is 11.5 Å². The maximum atomic E-state index is 9.00. The summed E-state index contributed by atoms with van der Waals surface area (Å²) in [4.78, 5) is 11.2. The molecule has 5 heteroatoms. The zero-order chi connectivity index (χ0) is 14.1. The van der Waals surface area contributed by atoms with Crippen LogP contribution in [0.3, 0.4) is 0 Å². The lowest BCUT2D eigenvalue weighted by molar-refractivity contribution is 0.256. The average molecular weight is 276 g/mol. The summed E-state index contributed by atoms with van der Waals surface area (Å²) in [6.45, 7) is 0.129. The van der Waals surface area contributed by atoms with E-state index in [4.69, 9.17) is 9.90 Å². The lowest BCUT2D eigenvalue weighted by Crippen LogP contribution is -2.18. The first-order chi connectivity index (χ1) is 9.11. The van der Waals surface area contributed by atoms with E-state index in [9.17, 15) is 0 Å². The van der Waals surface area contributed by atoms with Gasteiger partial charge in [0.1, 0.15) is 0 Å². The summed E-state index contributed by atoms with van der Waals surface area (Å²) in [5.41, 5.74) is 9.69. The summed E-state index contributed by atoms with van der Waals surface area (Å²) < 4.78 is 0. The van der Waals surface area contributed by atoms with Crippen molar-refractivity contribution in [2.24, 2.45) is 11.5 Å². The molecular weight excluding hydrogens is 260 g/mol. The third-order valence-corrected chi connectivity index (χ3v) is 3.11. The lowest BCUT2D eigenvalue weighted by Gasteiger charge is -1.90. The quantitative estimate of drug-likeness (QED) is 0.803. The third-order valence-electron chi connectivity index (χ3n) is 2.08. The molecule has 2 aromatic rings. The van der Waals surface area contributed by atoms with Crippen LogP contribution in [-0.4, -0.2) is 11.1 Å². The average Bonchev–Trinajstić information content (AvgIpc) is 2.85. The first-order valence-corrected chi connectivity index (χ1v) is 6.41. The highest BCUT2D eigenvalue weighted by atomic mass is 32.1. The van der Waals surface area contributed by atoms with Crippen molar-refractivity contribution in [3.05, 3.63) is 57.8 Å². The number of nitrogens with two attached hydrogens (primary N) is 2. The lowest BCUT2D eigenvalue weighted by atomic mass is 10.2. The monoisotopic (exact) mass is 276 g/mol. The van der Waals surface area contributed by atoms with Crippen LogP contribution in [0.25, 0.3) is 12.2 Å². The van der Waals surface area contributed by atoms with Crippen LogP contribution in [0, 0.1) is 0 Å². The fraction of sp³-hybridized carbons (Fsp3) is 0.0714. The molecule has 0 saturated carbocycles. The van der Waals surface area contributed by atoms with E-state index < -0.39 is 6.03 Å². The van der Waals surface area contributed by atoms with Crippen LogP contribution in [0.4, 0.5) is 4.79 Å². The highest BCUT2D eigenvalue weighted by Crippen LogP contribution is 2.18. The Kier molecular flexibility index (Phi) is 6.35. The Morgan fingerprint density at radius 3 is 2.26 bits per heavy atom. The Morgan fingerprint density at radius 1 is 1.11 bits per heavy atom. The van der Waals surface area contributed by atoms with E-state index in [2.05, 4.69) is 35.8 Å². The second-order valence-electron chi connectivity index (χ2n) is 3.61. The Labute approximate surface area is 116 Å². The van der Waals surface area contributed by atoms with Gasteiger partial charge in [-0.25, -0.2) is 4.79 Å². The molecule has 2 rings (SSSR count). The van der Waals surface area contributed by atoms with Gasteiger partial charge in [-0.3, -0.25) is 0 Å². The van der Waals surface area contributed by atoms with Crippen molar-refractivity contribution >= 4 is 29.5 Å². The topological polar surface area (TPSA) is 89.3 Å². The molecule has 0 unspecified atom stereocenters. The summed E-state index contributed by atoms with van der Waals surface area (Å²) in [6, 6.07) is 13.3. The minimum absolute atomic E-state index is 0.129. The van der Waals surface area contributed by atoms with Gasteiger partial charge in [0, 0.05) is 9.75 Å². The molecule has 0 radical (unpaired) electrons. The fourth-order valence-electron chi connectivity index (χ4n) is 1.31. The second-order valence-corrected chi connectivity index (χ2v) is 4.81. The Morgan fingerprint density at radius 2 is 1.74 bits per heavy atom. The number of carbonyl (C=O) groups excluding carboxylic acids is 1. The molecule has 1 aromatic carbocycles. The summed E-state index contributed by atoms with van der Waals surface area (Å²) in [5.74, 6) is 0. The van der Waals surface area contributed by atoms with Gasteiger partial charge in [0.2, 0.25) is 0 Å². The van der Waals surface area contributed by atoms with Gasteiger partial charge in [0.25, 0.3) is 0 Å². The number of rotatable bonds is 3. The van der Waals surface area contributed by atoms with E-state index in [-0.39, 0.29) is 6.61 Å². The highest BCUT2D eigenvalue weighted by Gasteiger charge is 1.94. The standard InChI is InChI=1S/C13H12OS.CH4N2O/c14-10-13-9-8-12(15-13)7-6-11-4-2-1-3-5-11;2-1(3)4/h1-9,14H,10H2;(H4,2,3,4)/b7-6+;. The maximum Gasteiger partial charge on any atom is 0.309 e. The van der Waals surface area contributed by atoms with E-state index in [1.54, 1.807) is 11.3 Å². The van der Waals surface area contributed by atoms with E-state index in [1.807, 2.05) is 30.3 Å². The molecule has 0 saturated heterocycles. The molecule has 0 aliphatic heterocycles. The number of aliphatic hydroxyl groups is 1. The molecule has 100 valence electrons. The van der Waals surface area contributed by atoms with Gasteiger partial charge in [-0.2, -0.15) is 0 Å². The van der Waals surface area contributed by atoms with Gasteiger partial charge in [-0.15, -0.1) is 11.3 Å². The number of aliphatic hydroxyl groups excluding tert-OH is 1. The molecule has 5 N–H and O–H groups in total. The van der Waals surface area contributed by atoms with E-state index in [0.29, 0.717) is 0 Å². The zero-order valence-electron chi connectivity index (χ0n) is 10.3. The van der Waals surface area contributed by atoms with Crippen molar-refractivity contribution in [2.45, 2.75) is 6.61 Å². The third kappa shape index (κ3) is 6.40. The molecule has 19 heavy (non-hydrogen) atoms. The van der Waals surface area contributed by atoms with Crippen molar-refractivity contribution in [1.82, 2.24) is 0 Å². The summed E-state index contributed by atoms with van der Waals surface area (Å²) in [7, 11) is 0. The fourth-order valence-corrected chi connectivity index (χ4v) is 2.09. The number of primary amides is 2. The number of carbonyl (C=O) groups is 1. The molecule has 4 nitrogen and oxygen atoms in total. The summed E-state index contributed by atoms with van der Waals surface area (Å²) in [5, 5.41) is 8.92. The van der Waals surface area contributed by atoms with Crippen LogP contribution in [0.5, 0.6) is 0 Å².